The second kappa shape index (κ2) is 8.89. The lowest BCUT2D eigenvalue weighted by atomic mass is 10.1. The third kappa shape index (κ3) is 8.13. The molecule has 122 valence electrons. The van der Waals surface area contributed by atoms with E-state index in [9.17, 15) is 9.18 Å². The van der Waals surface area contributed by atoms with E-state index in [0.29, 0.717) is 12.0 Å². The summed E-state index contributed by atoms with van der Waals surface area (Å²) in [5, 5.41) is -0.112. The Balaban J connectivity index is 2.16. The highest BCUT2D eigenvalue weighted by molar-refractivity contribution is 6.29. The number of ether oxygens (including phenoxy) is 1. The molecule has 0 unspecified atom stereocenters. The quantitative estimate of drug-likeness (QED) is 0.393. The molecule has 0 atom stereocenters. The van der Waals surface area contributed by atoms with Gasteiger partial charge in [-0.2, -0.15) is 0 Å². The Morgan fingerprint density at radius 2 is 2.09 bits per heavy atom. The number of halogens is 2. The summed E-state index contributed by atoms with van der Waals surface area (Å²) in [7, 11) is 0. The highest BCUT2D eigenvalue weighted by atomic mass is 35.5. The van der Waals surface area contributed by atoms with Gasteiger partial charge in [0.25, 0.3) is 0 Å². The Kier molecular flexibility index (Phi) is 7.52. The maximum Gasteiger partial charge on any atom is 0.306 e. The number of carbonyl (C=O) groups is 1. The monoisotopic (exact) mass is 327 g/mol. The minimum atomic E-state index is -0.513. The van der Waals surface area contributed by atoms with E-state index in [4.69, 9.17) is 16.3 Å². The molecule has 0 aliphatic heterocycles. The number of nitrogens with zero attached hydrogens (tertiary/aromatic N) is 1. The number of allylic oxidation sites excluding steroid dienone is 1. The van der Waals surface area contributed by atoms with Crippen LogP contribution in [0.15, 0.2) is 18.3 Å². The van der Waals surface area contributed by atoms with Gasteiger partial charge in [0.15, 0.2) is 11.0 Å². The number of carbonyl (C=O) groups excluding carboxylic acids is 1. The van der Waals surface area contributed by atoms with E-state index in [-0.39, 0.29) is 11.1 Å². The van der Waals surface area contributed by atoms with Crippen LogP contribution in [0.2, 0.25) is 5.15 Å². The van der Waals surface area contributed by atoms with Crippen LogP contribution in [0.3, 0.4) is 0 Å². The lowest BCUT2D eigenvalue weighted by Crippen LogP contribution is -2.23. The standard InChI is InChI=1S/C17H23ClFNO2/c1-17(2,3)22-15(21)10-8-6-4-5-7-9-13-11-14(19)16(18)20-12-13/h7,9,11-12H,4-6,8,10H2,1-3H3/b9-7+. The fourth-order valence-electron chi connectivity index (χ4n) is 1.85. The van der Waals surface area contributed by atoms with E-state index in [1.807, 2.05) is 32.9 Å². The molecule has 0 fully saturated rings. The molecule has 0 saturated carbocycles. The van der Waals surface area contributed by atoms with Gasteiger partial charge in [-0.1, -0.05) is 30.2 Å². The Labute approximate surface area is 136 Å². The highest BCUT2D eigenvalue weighted by Crippen LogP contribution is 2.14. The molecule has 1 rings (SSSR count). The normalized spacial score (nSPS) is 11.9. The number of pyridine rings is 1. The summed E-state index contributed by atoms with van der Waals surface area (Å²) < 4.78 is 18.4. The van der Waals surface area contributed by atoms with E-state index in [1.165, 1.54) is 12.3 Å². The van der Waals surface area contributed by atoms with Crippen molar-refractivity contribution in [2.24, 2.45) is 0 Å². The average molecular weight is 328 g/mol. The van der Waals surface area contributed by atoms with Crippen LogP contribution in [-0.4, -0.2) is 16.6 Å². The number of hydrogen-bond acceptors (Lipinski definition) is 3. The smallest absolute Gasteiger partial charge is 0.306 e. The second-order valence-electron chi connectivity index (χ2n) is 6.13. The Bertz CT molecular complexity index is 524. The van der Waals surface area contributed by atoms with Crippen LogP contribution in [0.5, 0.6) is 0 Å². The fourth-order valence-corrected chi connectivity index (χ4v) is 1.95. The van der Waals surface area contributed by atoms with Crippen LogP contribution in [0.1, 0.15) is 58.4 Å². The number of esters is 1. The third-order valence-corrected chi connectivity index (χ3v) is 3.08. The summed E-state index contributed by atoms with van der Waals surface area (Å²) in [4.78, 5) is 15.2. The van der Waals surface area contributed by atoms with E-state index in [2.05, 4.69) is 4.98 Å². The summed E-state index contributed by atoms with van der Waals surface area (Å²) in [6.45, 7) is 5.60. The van der Waals surface area contributed by atoms with Gasteiger partial charge in [0.2, 0.25) is 0 Å². The maximum absolute atomic E-state index is 13.2. The zero-order valence-electron chi connectivity index (χ0n) is 13.4. The van der Waals surface area contributed by atoms with Gasteiger partial charge in [0, 0.05) is 12.6 Å². The predicted molar refractivity (Wildman–Crippen MR) is 87.2 cm³/mol. The molecule has 0 amide bonds. The first kappa shape index (κ1) is 18.6. The summed E-state index contributed by atoms with van der Waals surface area (Å²) in [6, 6.07) is 1.36. The predicted octanol–water partition coefficient (Wildman–Crippen LogP) is 5.18. The van der Waals surface area contributed by atoms with Crippen molar-refractivity contribution < 1.29 is 13.9 Å². The molecule has 22 heavy (non-hydrogen) atoms. The number of rotatable bonds is 7. The zero-order chi connectivity index (χ0) is 16.6. The molecule has 0 N–H and O–H groups in total. The molecule has 0 saturated heterocycles. The first-order chi connectivity index (χ1) is 10.3. The van der Waals surface area contributed by atoms with Crippen molar-refractivity contribution >= 4 is 23.6 Å². The van der Waals surface area contributed by atoms with Gasteiger partial charge in [-0.25, -0.2) is 9.37 Å². The molecular weight excluding hydrogens is 305 g/mol. The second-order valence-corrected chi connectivity index (χ2v) is 6.49. The number of aromatic nitrogens is 1. The minimum Gasteiger partial charge on any atom is -0.460 e. The number of hydrogen-bond donors (Lipinski definition) is 0. The van der Waals surface area contributed by atoms with Crippen LogP contribution in [0.25, 0.3) is 6.08 Å². The first-order valence-corrected chi connectivity index (χ1v) is 7.85. The lowest BCUT2D eigenvalue weighted by Gasteiger charge is -2.19. The summed E-state index contributed by atoms with van der Waals surface area (Å²) in [6.07, 6.45) is 9.40. The lowest BCUT2D eigenvalue weighted by molar-refractivity contribution is -0.154. The first-order valence-electron chi connectivity index (χ1n) is 7.47. The van der Waals surface area contributed by atoms with Gasteiger partial charge in [0.1, 0.15) is 5.60 Å². The summed E-state index contributed by atoms with van der Waals surface area (Å²) >= 11 is 5.52. The van der Waals surface area contributed by atoms with Crippen molar-refractivity contribution in [3.8, 4) is 0 Å². The van der Waals surface area contributed by atoms with Gasteiger partial charge in [0.05, 0.1) is 0 Å². The molecule has 0 radical (unpaired) electrons. The molecule has 0 aliphatic carbocycles. The molecule has 0 aliphatic rings. The van der Waals surface area contributed by atoms with Crippen molar-refractivity contribution in [3.05, 3.63) is 34.9 Å². The van der Waals surface area contributed by atoms with Crippen molar-refractivity contribution in [2.45, 2.75) is 58.5 Å². The van der Waals surface area contributed by atoms with Gasteiger partial charge in [-0.3, -0.25) is 4.79 Å². The van der Waals surface area contributed by atoms with Crippen LogP contribution < -0.4 is 0 Å². The average Bonchev–Trinajstić information content (AvgIpc) is 2.39. The van der Waals surface area contributed by atoms with Crippen molar-refractivity contribution in [1.82, 2.24) is 4.98 Å². The Hall–Kier alpha value is -1.42. The third-order valence-electron chi connectivity index (χ3n) is 2.80. The molecular formula is C17H23ClFNO2. The molecule has 0 aromatic carbocycles. The number of unbranched alkanes of at least 4 members (excludes halogenated alkanes) is 3. The van der Waals surface area contributed by atoms with E-state index in [1.54, 1.807) is 0 Å². The summed E-state index contributed by atoms with van der Waals surface area (Å²) in [5.74, 6) is -0.660. The SMILES string of the molecule is CC(C)(C)OC(=O)CCCCC/C=C/c1cnc(Cl)c(F)c1. The van der Waals surface area contributed by atoms with Gasteiger partial charge in [-0.15, -0.1) is 0 Å². The zero-order valence-corrected chi connectivity index (χ0v) is 14.1. The molecule has 1 aromatic heterocycles. The van der Waals surface area contributed by atoms with Crippen molar-refractivity contribution in [1.29, 1.82) is 0 Å². The fraction of sp³-hybridized carbons (Fsp3) is 0.529. The van der Waals surface area contributed by atoms with E-state index in [0.717, 1.165) is 25.7 Å². The van der Waals surface area contributed by atoms with Gasteiger partial charge >= 0.3 is 5.97 Å². The molecule has 0 spiro atoms. The van der Waals surface area contributed by atoms with Crippen LogP contribution in [0.4, 0.5) is 4.39 Å². The minimum absolute atomic E-state index is 0.112. The molecule has 0 bridgehead atoms. The maximum atomic E-state index is 13.2. The summed E-state index contributed by atoms with van der Waals surface area (Å²) in [5.41, 5.74) is 0.275. The van der Waals surface area contributed by atoms with Gasteiger partial charge in [-0.05, 0) is 51.7 Å². The molecule has 1 heterocycles. The van der Waals surface area contributed by atoms with Crippen LogP contribution >= 0.6 is 11.6 Å². The van der Waals surface area contributed by atoms with Crippen LogP contribution in [0, 0.1) is 5.82 Å². The van der Waals surface area contributed by atoms with Crippen molar-refractivity contribution in [3.63, 3.8) is 0 Å². The molecule has 5 heteroatoms. The topological polar surface area (TPSA) is 39.2 Å². The molecule has 1 aromatic rings. The van der Waals surface area contributed by atoms with Gasteiger partial charge < -0.3 is 4.74 Å². The van der Waals surface area contributed by atoms with E-state index >= 15 is 0 Å². The van der Waals surface area contributed by atoms with Crippen molar-refractivity contribution in [2.75, 3.05) is 0 Å². The largest absolute Gasteiger partial charge is 0.460 e. The highest BCUT2D eigenvalue weighted by Gasteiger charge is 2.15. The Morgan fingerprint density at radius 3 is 2.73 bits per heavy atom. The molecule has 3 nitrogen and oxygen atoms in total. The Morgan fingerprint density at radius 1 is 1.36 bits per heavy atom. The van der Waals surface area contributed by atoms with Crippen LogP contribution in [-0.2, 0) is 9.53 Å². The van der Waals surface area contributed by atoms with E-state index < -0.39 is 11.4 Å².